The summed E-state index contributed by atoms with van der Waals surface area (Å²) in [7, 11) is 0. The summed E-state index contributed by atoms with van der Waals surface area (Å²) >= 11 is 0. The molecular formula is C16H15N3O4. The van der Waals surface area contributed by atoms with E-state index in [9.17, 15) is 14.4 Å². The molecule has 2 N–H and O–H groups in total. The predicted molar refractivity (Wildman–Crippen MR) is 83.5 cm³/mol. The maximum Gasteiger partial charge on any atom is 0.414 e. The van der Waals surface area contributed by atoms with Crippen molar-refractivity contribution in [2.24, 2.45) is 0 Å². The molecule has 0 bridgehead atoms. The summed E-state index contributed by atoms with van der Waals surface area (Å²) in [6.07, 6.45) is 0.489. The molecule has 3 rings (SSSR count). The fraction of sp³-hybridized carbons (Fsp3) is 0.188. The van der Waals surface area contributed by atoms with Crippen molar-refractivity contribution in [1.29, 1.82) is 0 Å². The first-order valence-corrected chi connectivity index (χ1v) is 7.13. The summed E-state index contributed by atoms with van der Waals surface area (Å²) in [5.41, 5.74) is 0.825. The van der Waals surface area contributed by atoms with Crippen molar-refractivity contribution < 1.29 is 14.3 Å². The molecule has 1 aliphatic heterocycles. The number of para-hydroxylation sites is 1. The zero-order valence-corrected chi connectivity index (χ0v) is 12.2. The van der Waals surface area contributed by atoms with Crippen LogP contribution in [-0.2, 0) is 4.74 Å². The van der Waals surface area contributed by atoms with E-state index in [1.54, 1.807) is 0 Å². The van der Waals surface area contributed by atoms with Gasteiger partial charge in [0, 0.05) is 18.0 Å². The Labute approximate surface area is 131 Å². The highest BCUT2D eigenvalue weighted by Gasteiger charge is 2.32. The third kappa shape index (κ3) is 3.39. The summed E-state index contributed by atoms with van der Waals surface area (Å²) in [6.45, 7) is 0.571. The summed E-state index contributed by atoms with van der Waals surface area (Å²) in [6, 6.07) is 11.9. The molecule has 2 aromatic rings. The van der Waals surface area contributed by atoms with Gasteiger partial charge in [0.1, 0.15) is 6.10 Å². The van der Waals surface area contributed by atoms with Crippen molar-refractivity contribution in [2.45, 2.75) is 6.10 Å². The number of hydrogen-bond donors (Lipinski definition) is 2. The van der Waals surface area contributed by atoms with Gasteiger partial charge in [0.15, 0.2) is 0 Å². The fourth-order valence-electron chi connectivity index (χ4n) is 2.31. The van der Waals surface area contributed by atoms with E-state index < -0.39 is 12.2 Å². The normalized spacial score (nSPS) is 17.0. The van der Waals surface area contributed by atoms with Crippen molar-refractivity contribution in [3.05, 3.63) is 64.6 Å². The number of H-pyrrole nitrogens is 1. The number of amides is 2. The first-order valence-electron chi connectivity index (χ1n) is 7.13. The number of benzene rings is 1. The average molecular weight is 313 g/mol. The first-order chi connectivity index (χ1) is 11.1. The van der Waals surface area contributed by atoms with Crippen LogP contribution in [0.25, 0.3) is 0 Å². The number of aromatic amines is 1. The van der Waals surface area contributed by atoms with Gasteiger partial charge in [0.05, 0.1) is 18.7 Å². The van der Waals surface area contributed by atoms with Gasteiger partial charge in [-0.05, 0) is 18.2 Å². The summed E-state index contributed by atoms with van der Waals surface area (Å²) < 4.78 is 5.25. The van der Waals surface area contributed by atoms with Gasteiger partial charge in [-0.2, -0.15) is 0 Å². The van der Waals surface area contributed by atoms with Crippen LogP contribution in [0.2, 0.25) is 0 Å². The van der Waals surface area contributed by atoms with Crippen LogP contribution in [0.4, 0.5) is 10.5 Å². The Balaban J connectivity index is 1.57. The SMILES string of the molecule is O=C(NCC1CN(c2ccccc2)C(=O)O1)c1ccc(=O)[nH]c1. The second kappa shape index (κ2) is 6.35. The van der Waals surface area contributed by atoms with Gasteiger partial charge in [-0.15, -0.1) is 0 Å². The van der Waals surface area contributed by atoms with E-state index in [0.29, 0.717) is 12.1 Å². The number of nitrogens with zero attached hydrogens (tertiary/aromatic N) is 1. The van der Waals surface area contributed by atoms with E-state index >= 15 is 0 Å². The smallest absolute Gasteiger partial charge is 0.414 e. The van der Waals surface area contributed by atoms with Crippen LogP contribution in [0, 0.1) is 0 Å². The number of nitrogens with one attached hydrogen (secondary N) is 2. The lowest BCUT2D eigenvalue weighted by Crippen LogP contribution is -2.34. The fourth-order valence-corrected chi connectivity index (χ4v) is 2.31. The summed E-state index contributed by atoms with van der Waals surface area (Å²) in [5, 5.41) is 2.69. The quantitative estimate of drug-likeness (QED) is 0.885. The Hall–Kier alpha value is -3.09. The molecule has 0 aliphatic carbocycles. The molecule has 0 radical (unpaired) electrons. The molecule has 1 unspecified atom stereocenters. The molecule has 2 amide bonds. The predicted octanol–water partition coefficient (Wildman–Crippen LogP) is 1.13. The Morgan fingerprint density at radius 2 is 2.00 bits per heavy atom. The van der Waals surface area contributed by atoms with E-state index in [1.165, 1.54) is 23.2 Å². The maximum absolute atomic E-state index is 12.0. The van der Waals surface area contributed by atoms with E-state index in [0.717, 1.165) is 5.69 Å². The number of ether oxygens (including phenoxy) is 1. The summed E-state index contributed by atoms with van der Waals surface area (Å²) in [5.74, 6) is -0.338. The van der Waals surface area contributed by atoms with Crippen LogP contribution >= 0.6 is 0 Å². The second-order valence-corrected chi connectivity index (χ2v) is 5.10. The topological polar surface area (TPSA) is 91.5 Å². The third-order valence-corrected chi connectivity index (χ3v) is 3.48. The molecule has 7 heteroatoms. The summed E-state index contributed by atoms with van der Waals surface area (Å²) in [4.78, 5) is 38.8. The lowest BCUT2D eigenvalue weighted by atomic mass is 10.2. The molecular weight excluding hydrogens is 298 g/mol. The number of hydrogen-bond acceptors (Lipinski definition) is 4. The third-order valence-electron chi connectivity index (χ3n) is 3.48. The molecule has 7 nitrogen and oxygen atoms in total. The lowest BCUT2D eigenvalue weighted by molar-refractivity contribution is 0.0915. The van der Waals surface area contributed by atoms with Crippen molar-refractivity contribution in [1.82, 2.24) is 10.3 Å². The lowest BCUT2D eigenvalue weighted by Gasteiger charge is -2.12. The van der Waals surface area contributed by atoms with E-state index in [4.69, 9.17) is 4.74 Å². The number of pyridine rings is 1. The first kappa shape index (κ1) is 14.8. The van der Waals surface area contributed by atoms with Crippen LogP contribution in [0.1, 0.15) is 10.4 Å². The molecule has 1 atom stereocenters. The Morgan fingerprint density at radius 3 is 2.70 bits per heavy atom. The van der Waals surface area contributed by atoms with Gasteiger partial charge in [-0.1, -0.05) is 18.2 Å². The van der Waals surface area contributed by atoms with E-state index in [2.05, 4.69) is 10.3 Å². The molecule has 1 aromatic carbocycles. The number of aromatic nitrogens is 1. The molecule has 1 aliphatic rings. The van der Waals surface area contributed by atoms with Crippen molar-refractivity contribution in [2.75, 3.05) is 18.0 Å². The van der Waals surface area contributed by atoms with Gasteiger partial charge in [0.25, 0.3) is 5.91 Å². The van der Waals surface area contributed by atoms with Crippen LogP contribution in [0.15, 0.2) is 53.5 Å². The highest BCUT2D eigenvalue weighted by atomic mass is 16.6. The molecule has 0 saturated carbocycles. The van der Waals surface area contributed by atoms with E-state index in [1.807, 2.05) is 30.3 Å². The van der Waals surface area contributed by atoms with Gasteiger partial charge in [0.2, 0.25) is 5.56 Å². The molecule has 0 spiro atoms. The van der Waals surface area contributed by atoms with Gasteiger partial charge >= 0.3 is 6.09 Å². The minimum Gasteiger partial charge on any atom is -0.442 e. The minimum absolute atomic E-state index is 0.201. The zero-order valence-electron chi connectivity index (χ0n) is 12.2. The van der Waals surface area contributed by atoms with Crippen molar-refractivity contribution in [3.63, 3.8) is 0 Å². The largest absolute Gasteiger partial charge is 0.442 e. The Bertz CT molecular complexity index is 752. The van der Waals surface area contributed by atoms with Crippen LogP contribution in [0.3, 0.4) is 0 Å². The number of carbonyl (C=O) groups excluding carboxylic acids is 2. The van der Waals surface area contributed by atoms with Crippen LogP contribution in [-0.4, -0.2) is 36.2 Å². The number of rotatable bonds is 4. The highest BCUT2D eigenvalue weighted by Crippen LogP contribution is 2.20. The van der Waals surface area contributed by atoms with Gasteiger partial charge < -0.3 is 15.0 Å². The molecule has 1 aromatic heterocycles. The average Bonchev–Trinajstić information content (AvgIpc) is 2.95. The van der Waals surface area contributed by atoms with Crippen LogP contribution < -0.4 is 15.8 Å². The van der Waals surface area contributed by atoms with Crippen molar-refractivity contribution in [3.8, 4) is 0 Å². The monoisotopic (exact) mass is 313 g/mol. The Morgan fingerprint density at radius 1 is 1.22 bits per heavy atom. The minimum atomic E-state index is -0.431. The molecule has 1 saturated heterocycles. The molecule has 2 heterocycles. The van der Waals surface area contributed by atoms with Crippen LogP contribution in [0.5, 0.6) is 0 Å². The maximum atomic E-state index is 12.0. The Kier molecular flexibility index (Phi) is 4.09. The molecule has 1 fully saturated rings. The van der Waals surface area contributed by atoms with Gasteiger partial charge in [-0.25, -0.2) is 4.79 Å². The van der Waals surface area contributed by atoms with Gasteiger partial charge in [-0.3, -0.25) is 14.5 Å². The number of carbonyl (C=O) groups is 2. The molecule has 23 heavy (non-hydrogen) atoms. The second-order valence-electron chi connectivity index (χ2n) is 5.10. The highest BCUT2D eigenvalue weighted by molar-refractivity contribution is 5.94. The van der Waals surface area contributed by atoms with Crippen molar-refractivity contribution >= 4 is 17.7 Å². The molecule has 118 valence electrons. The van der Waals surface area contributed by atoms with E-state index in [-0.39, 0.29) is 18.0 Å². The number of anilines is 1. The standard InChI is InChI=1S/C16H15N3O4/c20-14-7-6-11(8-17-14)15(21)18-9-13-10-19(16(22)23-13)12-4-2-1-3-5-12/h1-8,13H,9-10H2,(H,17,20)(H,18,21). The zero-order chi connectivity index (χ0) is 16.2. The number of cyclic esters (lactones) is 1.